The summed E-state index contributed by atoms with van der Waals surface area (Å²) in [6.07, 6.45) is 2.67. The topological polar surface area (TPSA) is 94.2 Å². The van der Waals surface area contributed by atoms with Crippen molar-refractivity contribution in [3.63, 3.8) is 0 Å². The van der Waals surface area contributed by atoms with Crippen molar-refractivity contribution in [1.29, 1.82) is 0 Å². The van der Waals surface area contributed by atoms with Crippen molar-refractivity contribution in [2.24, 2.45) is 0 Å². The second-order valence-electron chi connectivity index (χ2n) is 7.18. The van der Waals surface area contributed by atoms with Gasteiger partial charge in [-0.1, -0.05) is 18.6 Å². The molecule has 0 bridgehead atoms. The first-order valence-electron chi connectivity index (χ1n) is 10.1. The van der Waals surface area contributed by atoms with Gasteiger partial charge in [-0.25, -0.2) is 8.42 Å². The number of hydrogen-bond donors (Lipinski definition) is 1. The Hall–Kier alpha value is -2.78. The summed E-state index contributed by atoms with van der Waals surface area (Å²) in [6, 6.07) is 9.77. The number of ether oxygens (including phenoxy) is 3. The second-order valence-corrected chi connectivity index (χ2v) is 9.08. The molecule has 31 heavy (non-hydrogen) atoms. The van der Waals surface area contributed by atoms with Crippen LogP contribution >= 0.6 is 0 Å². The van der Waals surface area contributed by atoms with Gasteiger partial charge in [-0.2, -0.15) is 4.31 Å². The maximum atomic E-state index is 13.1. The number of benzene rings is 2. The van der Waals surface area contributed by atoms with E-state index in [1.165, 1.54) is 37.8 Å². The minimum Gasteiger partial charge on any atom is -0.493 e. The smallest absolute Gasteiger partial charge is 0.252 e. The Labute approximate surface area is 183 Å². The van der Waals surface area contributed by atoms with E-state index in [1.54, 1.807) is 24.3 Å². The zero-order valence-corrected chi connectivity index (χ0v) is 18.8. The maximum Gasteiger partial charge on any atom is 0.252 e. The third-order valence-corrected chi connectivity index (χ3v) is 7.20. The molecule has 1 aliphatic rings. The van der Waals surface area contributed by atoms with Crippen LogP contribution in [0.4, 0.5) is 0 Å². The van der Waals surface area contributed by atoms with Gasteiger partial charge in [0.2, 0.25) is 15.8 Å². The Morgan fingerprint density at radius 3 is 2.16 bits per heavy atom. The molecule has 0 spiro atoms. The van der Waals surface area contributed by atoms with Crippen molar-refractivity contribution in [2.75, 3.05) is 34.4 Å². The van der Waals surface area contributed by atoms with Crippen LogP contribution in [0.25, 0.3) is 0 Å². The lowest BCUT2D eigenvalue weighted by atomic mass is 10.1. The summed E-state index contributed by atoms with van der Waals surface area (Å²) in [5.41, 5.74) is 0.847. The average molecular weight is 449 g/mol. The number of amides is 1. The van der Waals surface area contributed by atoms with Gasteiger partial charge in [0.1, 0.15) is 0 Å². The molecule has 3 rings (SSSR count). The van der Waals surface area contributed by atoms with E-state index in [0.29, 0.717) is 30.3 Å². The molecule has 1 amide bonds. The molecule has 0 aromatic heterocycles. The molecule has 1 aliphatic heterocycles. The standard InChI is InChI=1S/C22H28N2O6S/c1-28-18-13-16(14-19(29-2)21(18)30-3)15-23-22(25)17-9-5-6-10-20(17)31(26,27)24-11-7-4-8-12-24/h5-6,9-10,13-14H,4,7-8,11-12,15H2,1-3H3,(H,23,25). The van der Waals surface area contributed by atoms with Crippen LogP contribution in [0.5, 0.6) is 17.2 Å². The quantitative estimate of drug-likeness (QED) is 0.667. The first kappa shape index (κ1) is 22.9. The van der Waals surface area contributed by atoms with Crippen LogP contribution in [-0.4, -0.2) is 53.0 Å². The van der Waals surface area contributed by atoms with Crippen LogP contribution in [0, 0.1) is 0 Å². The summed E-state index contributed by atoms with van der Waals surface area (Å²) in [6.45, 7) is 1.11. The van der Waals surface area contributed by atoms with E-state index in [2.05, 4.69) is 5.32 Å². The van der Waals surface area contributed by atoms with Crippen molar-refractivity contribution in [2.45, 2.75) is 30.7 Å². The lowest BCUT2D eigenvalue weighted by molar-refractivity contribution is 0.0947. The average Bonchev–Trinajstić information content (AvgIpc) is 2.82. The van der Waals surface area contributed by atoms with E-state index >= 15 is 0 Å². The van der Waals surface area contributed by atoms with Crippen LogP contribution < -0.4 is 19.5 Å². The number of carbonyl (C=O) groups is 1. The van der Waals surface area contributed by atoms with Crippen LogP contribution in [0.3, 0.4) is 0 Å². The Balaban J connectivity index is 1.82. The van der Waals surface area contributed by atoms with E-state index in [-0.39, 0.29) is 17.0 Å². The molecule has 1 heterocycles. The Bertz CT molecular complexity index is 1010. The summed E-state index contributed by atoms with van der Waals surface area (Å²) in [4.78, 5) is 12.9. The lowest BCUT2D eigenvalue weighted by Gasteiger charge is -2.26. The van der Waals surface area contributed by atoms with Gasteiger partial charge in [-0.15, -0.1) is 0 Å². The van der Waals surface area contributed by atoms with E-state index in [0.717, 1.165) is 24.8 Å². The Morgan fingerprint density at radius 2 is 1.58 bits per heavy atom. The number of piperidine rings is 1. The number of nitrogens with one attached hydrogen (secondary N) is 1. The van der Waals surface area contributed by atoms with Gasteiger partial charge in [0.15, 0.2) is 11.5 Å². The van der Waals surface area contributed by atoms with Gasteiger partial charge < -0.3 is 19.5 Å². The monoisotopic (exact) mass is 448 g/mol. The van der Waals surface area contributed by atoms with Gasteiger partial charge >= 0.3 is 0 Å². The maximum absolute atomic E-state index is 13.1. The molecule has 9 heteroatoms. The molecule has 0 atom stereocenters. The van der Waals surface area contributed by atoms with E-state index in [1.807, 2.05) is 0 Å². The molecule has 2 aromatic carbocycles. The molecule has 0 radical (unpaired) electrons. The molecule has 0 saturated carbocycles. The number of methoxy groups -OCH3 is 3. The highest BCUT2D eigenvalue weighted by Crippen LogP contribution is 2.38. The van der Waals surface area contributed by atoms with Crippen LogP contribution in [-0.2, 0) is 16.6 Å². The summed E-state index contributed by atoms with van der Waals surface area (Å²) < 4.78 is 43.7. The SMILES string of the molecule is COc1cc(CNC(=O)c2ccccc2S(=O)(=O)N2CCCCC2)cc(OC)c1OC. The van der Waals surface area contributed by atoms with Crippen molar-refractivity contribution in [3.05, 3.63) is 47.5 Å². The number of rotatable bonds is 8. The first-order chi connectivity index (χ1) is 14.9. The van der Waals surface area contributed by atoms with Crippen LogP contribution in [0.1, 0.15) is 35.2 Å². The van der Waals surface area contributed by atoms with E-state index in [9.17, 15) is 13.2 Å². The molecule has 1 saturated heterocycles. The van der Waals surface area contributed by atoms with E-state index < -0.39 is 15.9 Å². The summed E-state index contributed by atoms with van der Waals surface area (Å²) in [5.74, 6) is 0.932. The highest BCUT2D eigenvalue weighted by Gasteiger charge is 2.29. The van der Waals surface area contributed by atoms with Gasteiger partial charge in [0.25, 0.3) is 5.91 Å². The number of carbonyl (C=O) groups excluding carboxylic acids is 1. The molecular formula is C22H28N2O6S. The van der Waals surface area contributed by atoms with Crippen molar-refractivity contribution < 1.29 is 27.4 Å². The summed E-state index contributed by atoms with van der Waals surface area (Å²) >= 11 is 0. The molecule has 168 valence electrons. The van der Waals surface area contributed by atoms with Gasteiger partial charge in [-0.05, 0) is 42.7 Å². The minimum atomic E-state index is -3.74. The molecule has 2 aromatic rings. The molecular weight excluding hydrogens is 420 g/mol. The van der Waals surface area contributed by atoms with Crippen molar-refractivity contribution in [1.82, 2.24) is 9.62 Å². The third kappa shape index (κ3) is 4.94. The molecule has 1 fully saturated rings. The number of nitrogens with zero attached hydrogens (tertiary/aromatic N) is 1. The van der Waals surface area contributed by atoms with Gasteiger partial charge in [-0.3, -0.25) is 4.79 Å². The van der Waals surface area contributed by atoms with Gasteiger partial charge in [0.05, 0.1) is 31.8 Å². The van der Waals surface area contributed by atoms with Crippen LogP contribution in [0.15, 0.2) is 41.3 Å². The summed E-state index contributed by atoms with van der Waals surface area (Å²) in [7, 11) is 0.811. The fourth-order valence-electron chi connectivity index (χ4n) is 3.64. The number of hydrogen-bond acceptors (Lipinski definition) is 6. The first-order valence-corrected chi connectivity index (χ1v) is 11.5. The predicted molar refractivity (Wildman–Crippen MR) is 116 cm³/mol. The molecule has 0 unspecified atom stereocenters. The summed E-state index contributed by atoms with van der Waals surface area (Å²) in [5, 5.41) is 2.80. The highest BCUT2D eigenvalue weighted by atomic mass is 32.2. The molecule has 1 N–H and O–H groups in total. The predicted octanol–water partition coefficient (Wildman–Crippen LogP) is 2.82. The molecule has 8 nitrogen and oxygen atoms in total. The van der Waals surface area contributed by atoms with Crippen molar-refractivity contribution >= 4 is 15.9 Å². The fourth-order valence-corrected chi connectivity index (χ4v) is 5.34. The normalized spacial score (nSPS) is 14.7. The highest BCUT2D eigenvalue weighted by molar-refractivity contribution is 7.89. The van der Waals surface area contributed by atoms with Crippen LogP contribution in [0.2, 0.25) is 0 Å². The third-order valence-electron chi connectivity index (χ3n) is 5.24. The zero-order chi connectivity index (χ0) is 22.4. The van der Waals surface area contributed by atoms with Crippen molar-refractivity contribution in [3.8, 4) is 17.2 Å². The van der Waals surface area contributed by atoms with Gasteiger partial charge in [0, 0.05) is 19.6 Å². The zero-order valence-electron chi connectivity index (χ0n) is 18.0. The minimum absolute atomic E-state index is 0.0271. The molecule has 0 aliphatic carbocycles. The Kier molecular flexibility index (Phi) is 7.40. The second kappa shape index (κ2) is 10.0. The lowest BCUT2D eigenvalue weighted by Crippen LogP contribution is -2.37. The van der Waals surface area contributed by atoms with E-state index in [4.69, 9.17) is 14.2 Å². The largest absolute Gasteiger partial charge is 0.493 e. The number of sulfonamides is 1. The Morgan fingerprint density at radius 1 is 0.968 bits per heavy atom. The fraction of sp³-hybridized carbons (Fsp3) is 0.409.